The molecule has 39 heavy (non-hydrogen) atoms. The zero-order valence-electron chi connectivity index (χ0n) is 22.7. The number of carbonyl (C=O) groups is 1. The van der Waals surface area contributed by atoms with Crippen molar-refractivity contribution in [1.29, 1.82) is 0 Å². The minimum atomic E-state index is -0.147. The Bertz CT molecular complexity index is 1700. The molecule has 4 aromatic heterocycles. The van der Waals surface area contributed by atoms with E-state index < -0.39 is 0 Å². The molecule has 1 N–H and O–H groups in total. The summed E-state index contributed by atoms with van der Waals surface area (Å²) in [4.78, 5) is 34.0. The van der Waals surface area contributed by atoms with Crippen molar-refractivity contribution in [1.82, 2.24) is 34.1 Å². The molecule has 0 radical (unpaired) electrons. The van der Waals surface area contributed by atoms with Crippen LogP contribution < -0.4 is 10.9 Å². The van der Waals surface area contributed by atoms with Crippen LogP contribution >= 0.6 is 0 Å². The molecule has 4 aromatic rings. The summed E-state index contributed by atoms with van der Waals surface area (Å²) in [6, 6.07) is 7.88. The fraction of sp³-hybridized carbons (Fsp3) is 0.345. The van der Waals surface area contributed by atoms with Gasteiger partial charge in [0.1, 0.15) is 5.65 Å². The van der Waals surface area contributed by atoms with Crippen molar-refractivity contribution in [3.05, 3.63) is 81.3 Å². The van der Waals surface area contributed by atoms with Gasteiger partial charge in [-0.1, -0.05) is 6.08 Å². The minimum Gasteiger partial charge on any atom is -0.384 e. The van der Waals surface area contributed by atoms with E-state index in [1.165, 1.54) is 4.90 Å². The molecule has 200 valence electrons. The Morgan fingerprint density at radius 1 is 1.15 bits per heavy atom. The lowest BCUT2D eigenvalue weighted by Crippen LogP contribution is -2.29. The van der Waals surface area contributed by atoms with Gasteiger partial charge >= 0.3 is 0 Å². The maximum Gasteiger partial charge on any atom is 0.273 e. The molecule has 0 atom stereocenters. The summed E-state index contributed by atoms with van der Waals surface area (Å²) in [6.45, 7) is 5.21. The number of hydrogen-bond donors (Lipinski definition) is 1. The van der Waals surface area contributed by atoms with Gasteiger partial charge < -0.3 is 14.8 Å². The van der Waals surface area contributed by atoms with E-state index in [1.807, 2.05) is 38.4 Å². The van der Waals surface area contributed by atoms with Gasteiger partial charge in [-0.2, -0.15) is 0 Å². The first kappa shape index (κ1) is 25.0. The van der Waals surface area contributed by atoms with Crippen LogP contribution in [-0.2, 0) is 20.0 Å². The first-order valence-corrected chi connectivity index (χ1v) is 13.2. The van der Waals surface area contributed by atoms with E-state index in [4.69, 9.17) is 0 Å². The van der Waals surface area contributed by atoms with Crippen molar-refractivity contribution in [3.8, 4) is 5.69 Å². The normalized spacial score (nSPS) is 15.2. The molecule has 0 aromatic carbocycles. The summed E-state index contributed by atoms with van der Waals surface area (Å²) in [5.74, 6) is -0.147. The van der Waals surface area contributed by atoms with Crippen LogP contribution in [0.3, 0.4) is 0 Å². The number of nitrogens with one attached hydrogen (secondary N) is 1. The largest absolute Gasteiger partial charge is 0.384 e. The fourth-order valence-electron chi connectivity index (χ4n) is 5.55. The van der Waals surface area contributed by atoms with Crippen LogP contribution in [0.1, 0.15) is 39.4 Å². The van der Waals surface area contributed by atoms with E-state index in [2.05, 4.69) is 42.1 Å². The fourth-order valence-corrected chi connectivity index (χ4v) is 5.55. The second-order valence-corrected chi connectivity index (χ2v) is 10.5. The van der Waals surface area contributed by atoms with E-state index in [9.17, 15) is 9.59 Å². The molecular weight excluding hydrogens is 492 g/mol. The number of fused-ring (bicyclic) bond motifs is 2. The highest BCUT2D eigenvalue weighted by atomic mass is 16.2. The van der Waals surface area contributed by atoms with Crippen LogP contribution in [0, 0.1) is 6.92 Å². The first-order valence-electron chi connectivity index (χ1n) is 13.2. The molecule has 0 unspecified atom stereocenters. The van der Waals surface area contributed by atoms with Gasteiger partial charge in [-0.25, -0.2) is 4.98 Å². The average molecular weight is 525 g/mol. The lowest BCUT2D eigenvalue weighted by atomic mass is 10.0. The standard InChI is InChI=1S/C29H32N8O2/c1-18-15-24(29(39)34(2)3)32-33-26(18)19-7-12-36(13-8-19)17-20-16-22-25(6-11-31-27(22)35(20)4)37-14-9-23-21(28(37)38)5-10-30-23/h6-7,9,11,14-16,30H,5,8,10,12-13,17H2,1-4H3. The number of anilines is 1. The molecule has 0 saturated heterocycles. The summed E-state index contributed by atoms with van der Waals surface area (Å²) >= 11 is 0. The van der Waals surface area contributed by atoms with Crippen LogP contribution in [0.5, 0.6) is 0 Å². The van der Waals surface area contributed by atoms with Crippen LogP contribution in [0.15, 0.2) is 47.5 Å². The third kappa shape index (κ3) is 4.40. The summed E-state index contributed by atoms with van der Waals surface area (Å²) in [7, 11) is 5.45. The highest BCUT2D eigenvalue weighted by Crippen LogP contribution is 2.28. The van der Waals surface area contributed by atoms with Gasteiger partial charge in [-0.15, -0.1) is 10.2 Å². The minimum absolute atomic E-state index is 0.0293. The van der Waals surface area contributed by atoms with Crippen molar-refractivity contribution < 1.29 is 4.79 Å². The molecule has 10 nitrogen and oxygen atoms in total. The third-order valence-corrected chi connectivity index (χ3v) is 7.74. The number of amides is 1. The van der Waals surface area contributed by atoms with E-state index >= 15 is 0 Å². The predicted octanol–water partition coefficient (Wildman–Crippen LogP) is 2.78. The molecule has 6 heterocycles. The van der Waals surface area contributed by atoms with Crippen LogP contribution in [-0.4, -0.2) is 73.8 Å². The molecule has 0 spiro atoms. The molecular formula is C29H32N8O2. The average Bonchev–Trinajstić information content (AvgIpc) is 3.54. The first-order chi connectivity index (χ1) is 18.8. The van der Waals surface area contributed by atoms with Gasteiger partial charge in [0.2, 0.25) is 0 Å². The molecule has 1 amide bonds. The highest BCUT2D eigenvalue weighted by molar-refractivity contribution is 5.92. The van der Waals surface area contributed by atoms with Gasteiger partial charge in [0.15, 0.2) is 5.69 Å². The molecule has 0 fully saturated rings. The smallest absolute Gasteiger partial charge is 0.273 e. The highest BCUT2D eigenvalue weighted by Gasteiger charge is 2.21. The number of nitrogens with zero attached hydrogens (tertiary/aromatic N) is 7. The van der Waals surface area contributed by atoms with E-state index in [0.717, 1.165) is 89.5 Å². The quantitative estimate of drug-likeness (QED) is 0.428. The summed E-state index contributed by atoms with van der Waals surface area (Å²) in [5.41, 5.74) is 8.00. The maximum absolute atomic E-state index is 13.2. The topological polar surface area (TPSA) is 101 Å². The van der Waals surface area contributed by atoms with E-state index in [0.29, 0.717) is 5.69 Å². The van der Waals surface area contributed by atoms with Crippen molar-refractivity contribution >= 4 is 28.2 Å². The molecule has 2 aliphatic heterocycles. The van der Waals surface area contributed by atoms with Crippen LogP contribution in [0.2, 0.25) is 0 Å². The molecule has 2 aliphatic rings. The van der Waals surface area contributed by atoms with Gasteiger partial charge in [0, 0.05) is 82.0 Å². The SMILES string of the molecule is Cc1cc(C(=O)N(C)C)nnc1C1=CCN(Cc2cc3c(-n4ccc5c(c4=O)CCN5)ccnc3n2C)CC1. The zero-order valence-corrected chi connectivity index (χ0v) is 22.7. The zero-order chi connectivity index (χ0) is 27.3. The van der Waals surface area contributed by atoms with Gasteiger partial charge in [-0.3, -0.25) is 19.1 Å². The second kappa shape index (κ2) is 9.77. The number of hydrogen-bond acceptors (Lipinski definition) is 7. The second-order valence-electron chi connectivity index (χ2n) is 10.5. The monoisotopic (exact) mass is 524 g/mol. The molecule has 6 rings (SSSR count). The Morgan fingerprint density at radius 3 is 2.74 bits per heavy atom. The summed E-state index contributed by atoms with van der Waals surface area (Å²) in [6.07, 6.45) is 7.43. The number of rotatable bonds is 5. The van der Waals surface area contributed by atoms with Crippen molar-refractivity contribution in [2.24, 2.45) is 7.05 Å². The Hall–Kier alpha value is -4.31. The number of aromatic nitrogens is 5. The number of pyridine rings is 2. The Morgan fingerprint density at radius 2 is 2.00 bits per heavy atom. The molecule has 0 saturated carbocycles. The molecule has 0 aliphatic carbocycles. The van der Waals surface area contributed by atoms with Crippen LogP contribution in [0.4, 0.5) is 5.69 Å². The lowest BCUT2D eigenvalue weighted by Gasteiger charge is -2.26. The molecule has 0 bridgehead atoms. The summed E-state index contributed by atoms with van der Waals surface area (Å²) in [5, 5.41) is 12.8. The van der Waals surface area contributed by atoms with E-state index in [-0.39, 0.29) is 11.5 Å². The van der Waals surface area contributed by atoms with E-state index in [1.54, 1.807) is 24.9 Å². The molecule has 10 heteroatoms. The Labute approximate surface area is 226 Å². The number of aryl methyl sites for hydroxylation is 2. The predicted molar refractivity (Wildman–Crippen MR) is 151 cm³/mol. The van der Waals surface area contributed by atoms with Crippen molar-refractivity contribution in [3.63, 3.8) is 0 Å². The Kier molecular flexibility index (Phi) is 6.26. The van der Waals surface area contributed by atoms with Gasteiger partial charge in [-0.05, 0) is 55.2 Å². The summed E-state index contributed by atoms with van der Waals surface area (Å²) < 4.78 is 3.87. The lowest BCUT2D eigenvalue weighted by molar-refractivity contribution is 0.0820. The van der Waals surface area contributed by atoms with Gasteiger partial charge in [0.05, 0.1) is 11.4 Å². The third-order valence-electron chi connectivity index (χ3n) is 7.74. The van der Waals surface area contributed by atoms with Crippen molar-refractivity contribution in [2.45, 2.75) is 26.3 Å². The van der Waals surface area contributed by atoms with Gasteiger partial charge in [0.25, 0.3) is 11.5 Å². The number of carbonyl (C=O) groups excluding carboxylic acids is 1. The Balaban J connectivity index is 1.24. The van der Waals surface area contributed by atoms with Crippen molar-refractivity contribution in [2.75, 3.05) is 39.0 Å². The maximum atomic E-state index is 13.2. The van der Waals surface area contributed by atoms with Crippen LogP contribution in [0.25, 0.3) is 22.3 Å².